The minimum Gasteiger partial charge on any atom is -0.496 e. The summed E-state index contributed by atoms with van der Waals surface area (Å²) in [5.41, 5.74) is 1.33. The molecule has 118 valence electrons. The van der Waals surface area contributed by atoms with Gasteiger partial charge in [-0.1, -0.05) is 0 Å². The number of rotatable bonds is 7. The number of nitrogens with one attached hydrogen (secondary N) is 1. The summed E-state index contributed by atoms with van der Waals surface area (Å²) in [5, 5.41) is 3.00. The van der Waals surface area contributed by atoms with Gasteiger partial charge in [0.2, 0.25) is 5.91 Å². The lowest BCUT2D eigenvalue weighted by molar-refractivity contribution is -0.129. The Hall–Kier alpha value is -1.59. The van der Waals surface area contributed by atoms with Gasteiger partial charge in [0.15, 0.2) is 5.78 Å². The zero-order chi connectivity index (χ0) is 15.1. The average molecular weight is 315 g/mol. The fourth-order valence-corrected chi connectivity index (χ4v) is 1.84. The molecule has 0 radical (unpaired) electrons. The van der Waals surface area contributed by atoms with Gasteiger partial charge in [-0.25, -0.2) is 0 Å². The van der Waals surface area contributed by atoms with Gasteiger partial charge in [0.05, 0.1) is 13.5 Å². The van der Waals surface area contributed by atoms with Crippen molar-refractivity contribution in [2.75, 3.05) is 34.3 Å². The van der Waals surface area contributed by atoms with Crippen molar-refractivity contribution < 1.29 is 14.3 Å². The van der Waals surface area contributed by atoms with E-state index in [0.29, 0.717) is 17.9 Å². The van der Waals surface area contributed by atoms with E-state index in [1.54, 1.807) is 37.3 Å². The number of likely N-dealkylation sites (N-methyl/N-ethyl adjacent to an activating group) is 2. The Balaban J connectivity index is 0.00000400. The summed E-state index contributed by atoms with van der Waals surface area (Å²) in [4.78, 5) is 25.2. The molecule has 0 aliphatic rings. The first-order valence-electron chi connectivity index (χ1n) is 6.56. The summed E-state index contributed by atoms with van der Waals surface area (Å²) < 4.78 is 5.25. The monoisotopic (exact) mass is 314 g/mol. The number of carbonyl (C=O) groups excluding carboxylic acids is 2. The van der Waals surface area contributed by atoms with Gasteiger partial charge in [0.25, 0.3) is 0 Å². The predicted molar refractivity (Wildman–Crippen MR) is 85.5 cm³/mol. The van der Waals surface area contributed by atoms with Crippen LogP contribution < -0.4 is 10.1 Å². The summed E-state index contributed by atoms with van der Waals surface area (Å²) in [5.74, 6) is 0.606. The average Bonchev–Trinajstić information content (AvgIpc) is 2.44. The van der Waals surface area contributed by atoms with Gasteiger partial charge in [0.1, 0.15) is 5.75 Å². The Morgan fingerprint density at radius 3 is 2.52 bits per heavy atom. The Kier molecular flexibility index (Phi) is 8.66. The van der Waals surface area contributed by atoms with E-state index >= 15 is 0 Å². The second-order valence-corrected chi connectivity index (χ2v) is 4.68. The minimum atomic E-state index is -0.0233. The fourth-order valence-electron chi connectivity index (χ4n) is 1.84. The molecule has 5 nitrogen and oxygen atoms in total. The molecule has 0 saturated carbocycles. The molecule has 0 aliphatic heterocycles. The first kappa shape index (κ1) is 19.4. The van der Waals surface area contributed by atoms with Crippen molar-refractivity contribution in [2.45, 2.75) is 13.3 Å². The number of nitrogens with zero attached hydrogens (tertiary/aromatic N) is 1. The molecule has 1 N–H and O–H groups in total. The number of ketones is 1. The van der Waals surface area contributed by atoms with Gasteiger partial charge in [-0.3, -0.25) is 9.59 Å². The van der Waals surface area contributed by atoms with Gasteiger partial charge < -0.3 is 15.0 Å². The molecule has 1 aromatic carbocycles. The molecular formula is C15H23ClN2O3. The molecule has 1 amide bonds. The maximum Gasteiger partial charge on any atom is 0.226 e. The zero-order valence-electron chi connectivity index (χ0n) is 12.9. The van der Waals surface area contributed by atoms with Gasteiger partial charge >= 0.3 is 0 Å². The molecule has 0 atom stereocenters. The number of hydrogen-bond acceptors (Lipinski definition) is 4. The third kappa shape index (κ3) is 5.73. The number of amides is 1. The van der Waals surface area contributed by atoms with E-state index in [0.717, 1.165) is 12.1 Å². The molecule has 1 rings (SSSR count). The van der Waals surface area contributed by atoms with Crippen molar-refractivity contribution in [3.05, 3.63) is 29.3 Å². The van der Waals surface area contributed by atoms with Crippen LogP contribution in [0, 0.1) is 0 Å². The maximum absolute atomic E-state index is 12.1. The van der Waals surface area contributed by atoms with Crippen molar-refractivity contribution in [3.63, 3.8) is 0 Å². The summed E-state index contributed by atoms with van der Waals surface area (Å²) in [6.07, 6.45) is 0.227. The van der Waals surface area contributed by atoms with Crippen LogP contribution in [-0.4, -0.2) is 50.9 Å². The lowest BCUT2D eigenvalue weighted by atomic mass is 10.0. The van der Waals surface area contributed by atoms with Crippen LogP contribution in [0.1, 0.15) is 22.8 Å². The molecule has 1 aromatic rings. The van der Waals surface area contributed by atoms with Gasteiger partial charge in [-0.2, -0.15) is 0 Å². The van der Waals surface area contributed by atoms with E-state index < -0.39 is 0 Å². The SMILES string of the molecule is CNCCN(C)C(=O)Cc1cc(C(C)=O)ccc1OC.Cl. The number of ether oxygens (including phenoxy) is 1. The molecule has 0 bridgehead atoms. The van der Waals surface area contributed by atoms with Crippen LogP contribution >= 0.6 is 12.4 Å². The summed E-state index contributed by atoms with van der Waals surface area (Å²) in [6, 6.07) is 5.16. The quantitative estimate of drug-likeness (QED) is 0.776. The fraction of sp³-hybridized carbons (Fsp3) is 0.467. The van der Waals surface area contributed by atoms with E-state index in [2.05, 4.69) is 5.32 Å². The smallest absolute Gasteiger partial charge is 0.226 e. The predicted octanol–water partition coefficient (Wildman–Crippen LogP) is 1.54. The molecule has 0 aliphatic carbocycles. The number of carbonyl (C=O) groups is 2. The lowest BCUT2D eigenvalue weighted by Crippen LogP contribution is -2.33. The highest BCUT2D eigenvalue weighted by Gasteiger charge is 2.14. The first-order valence-corrected chi connectivity index (χ1v) is 6.56. The Morgan fingerprint density at radius 2 is 2.00 bits per heavy atom. The third-order valence-corrected chi connectivity index (χ3v) is 3.15. The van der Waals surface area contributed by atoms with Crippen molar-refractivity contribution in [1.29, 1.82) is 0 Å². The Morgan fingerprint density at radius 1 is 1.33 bits per heavy atom. The highest BCUT2D eigenvalue weighted by molar-refractivity contribution is 5.94. The third-order valence-electron chi connectivity index (χ3n) is 3.15. The van der Waals surface area contributed by atoms with Crippen LogP contribution in [0.2, 0.25) is 0 Å². The Labute approximate surface area is 132 Å². The van der Waals surface area contributed by atoms with Crippen LogP contribution in [0.5, 0.6) is 5.75 Å². The maximum atomic E-state index is 12.1. The normalized spacial score (nSPS) is 9.71. The van der Waals surface area contributed by atoms with Gasteiger partial charge in [0, 0.05) is 31.3 Å². The molecule has 0 fully saturated rings. The number of halogens is 1. The second kappa shape index (κ2) is 9.37. The molecule has 0 saturated heterocycles. The number of Topliss-reactive ketones (excluding diaryl/α,β-unsaturated/α-hetero) is 1. The summed E-state index contributed by atoms with van der Waals surface area (Å²) in [7, 11) is 5.17. The minimum absolute atomic E-state index is 0. The first-order chi connectivity index (χ1) is 9.49. The van der Waals surface area contributed by atoms with E-state index in [9.17, 15) is 9.59 Å². The summed E-state index contributed by atoms with van der Waals surface area (Å²) in [6.45, 7) is 2.89. The van der Waals surface area contributed by atoms with Gasteiger partial charge in [-0.05, 0) is 32.2 Å². The molecule has 0 aromatic heterocycles. The standard InChI is InChI=1S/C15H22N2O3.ClH/c1-11(18)12-5-6-14(20-4)13(9-12)10-15(19)17(3)8-7-16-2;/h5-6,9,16H,7-8,10H2,1-4H3;1H. The lowest BCUT2D eigenvalue weighted by Gasteiger charge is -2.18. The topological polar surface area (TPSA) is 58.6 Å². The summed E-state index contributed by atoms with van der Waals surface area (Å²) >= 11 is 0. The van der Waals surface area contributed by atoms with E-state index in [1.165, 1.54) is 6.92 Å². The zero-order valence-corrected chi connectivity index (χ0v) is 13.8. The van der Waals surface area contributed by atoms with E-state index in [4.69, 9.17) is 4.74 Å². The molecule has 0 unspecified atom stereocenters. The highest BCUT2D eigenvalue weighted by atomic mass is 35.5. The molecule has 21 heavy (non-hydrogen) atoms. The van der Waals surface area contributed by atoms with E-state index in [1.807, 2.05) is 7.05 Å². The molecular weight excluding hydrogens is 292 g/mol. The van der Waals surface area contributed by atoms with Gasteiger partial charge in [-0.15, -0.1) is 12.4 Å². The second-order valence-electron chi connectivity index (χ2n) is 4.68. The van der Waals surface area contributed by atoms with Crippen molar-refractivity contribution in [2.24, 2.45) is 0 Å². The van der Waals surface area contributed by atoms with Crippen LogP contribution in [0.25, 0.3) is 0 Å². The van der Waals surface area contributed by atoms with Crippen LogP contribution in [0.4, 0.5) is 0 Å². The van der Waals surface area contributed by atoms with Crippen LogP contribution in [0.15, 0.2) is 18.2 Å². The molecule has 6 heteroatoms. The van der Waals surface area contributed by atoms with Crippen LogP contribution in [0.3, 0.4) is 0 Å². The largest absolute Gasteiger partial charge is 0.496 e. The molecule has 0 heterocycles. The highest BCUT2D eigenvalue weighted by Crippen LogP contribution is 2.21. The van der Waals surface area contributed by atoms with Crippen molar-refractivity contribution in [1.82, 2.24) is 10.2 Å². The Bertz CT molecular complexity index is 492. The molecule has 0 spiro atoms. The van der Waals surface area contributed by atoms with Crippen LogP contribution in [-0.2, 0) is 11.2 Å². The number of hydrogen-bond donors (Lipinski definition) is 1. The van der Waals surface area contributed by atoms with E-state index in [-0.39, 0.29) is 30.5 Å². The number of methoxy groups -OCH3 is 1. The number of benzene rings is 1. The van der Waals surface area contributed by atoms with Crippen molar-refractivity contribution >= 4 is 24.1 Å². The van der Waals surface area contributed by atoms with Crippen molar-refractivity contribution in [3.8, 4) is 5.75 Å².